The van der Waals surface area contributed by atoms with Crippen LogP contribution in [-0.4, -0.2) is 26.3 Å². The lowest BCUT2D eigenvalue weighted by Gasteiger charge is -2.04. The van der Waals surface area contributed by atoms with Crippen LogP contribution in [0.3, 0.4) is 0 Å². The average molecular weight is 234 g/mol. The zero-order valence-corrected chi connectivity index (χ0v) is 10.3. The Hall–Kier alpha value is -1.61. The Labute approximate surface area is 102 Å². The molecule has 0 fully saturated rings. The maximum atomic E-state index is 11.2. The summed E-state index contributed by atoms with van der Waals surface area (Å²) in [6.07, 6.45) is 4.07. The lowest BCUT2D eigenvalue weighted by atomic mass is 10.0. The van der Waals surface area contributed by atoms with Gasteiger partial charge in [0.1, 0.15) is 0 Å². The standard InChI is InChI=1S/C14H18O3/c1-3-17-14(15)9-8-12-6-4-5-7-13(12)10-11-16-2/h4-9H,3,10-11H2,1-2H3/b9-8+. The van der Waals surface area contributed by atoms with Gasteiger partial charge < -0.3 is 9.47 Å². The maximum absolute atomic E-state index is 11.2. The molecule has 0 N–H and O–H groups in total. The minimum Gasteiger partial charge on any atom is -0.463 e. The first-order chi connectivity index (χ1) is 8.27. The number of benzene rings is 1. The summed E-state index contributed by atoms with van der Waals surface area (Å²) in [6.45, 7) is 2.86. The molecular weight excluding hydrogens is 216 g/mol. The van der Waals surface area contributed by atoms with Crippen LogP contribution in [0, 0.1) is 0 Å². The quantitative estimate of drug-likeness (QED) is 0.560. The van der Waals surface area contributed by atoms with Crippen LogP contribution in [0.4, 0.5) is 0 Å². The van der Waals surface area contributed by atoms with Crippen LogP contribution in [0.25, 0.3) is 6.08 Å². The van der Waals surface area contributed by atoms with Gasteiger partial charge in [-0.1, -0.05) is 24.3 Å². The van der Waals surface area contributed by atoms with E-state index in [2.05, 4.69) is 0 Å². The number of methoxy groups -OCH3 is 1. The lowest BCUT2D eigenvalue weighted by Crippen LogP contribution is -2.00. The zero-order valence-electron chi connectivity index (χ0n) is 10.3. The van der Waals surface area contributed by atoms with Crippen LogP contribution in [0.15, 0.2) is 30.3 Å². The van der Waals surface area contributed by atoms with Crippen molar-refractivity contribution in [2.24, 2.45) is 0 Å². The van der Waals surface area contributed by atoms with Gasteiger partial charge in [-0.3, -0.25) is 0 Å². The van der Waals surface area contributed by atoms with Gasteiger partial charge in [-0.05, 0) is 30.5 Å². The summed E-state index contributed by atoms with van der Waals surface area (Å²) in [6, 6.07) is 7.93. The van der Waals surface area contributed by atoms with Gasteiger partial charge in [0.25, 0.3) is 0 Å². The highest BCUT2D eigenvalue weighted by Gasteiger charge is 1.99. The summed E-state index contributed by atoms with van der Waals surface area (Å²) in [7, 11) is 1.68. The molecule has 0 spiro atoms. The van der Waals surface area contributed by atoms with Crippen molar-refractivity contribution in [3.05, 3.63) is 41.5 Å². The third kappa shape index (κ3) is 4.83. The van der Waals surface area contributed by atoms with Crippen molar-refractivity contribution in [1.82, 2.24) is 0 Å². The maximum Gasteiger partial charge on any atom is 0.330 e. The fourth-order valence-corrected chi connectivity index (χ4v) is 1.48. The van der Waals surface area contributed by atoms with E-state index in [1.165, 1.54) is 6.08 Å². The van der Waals surface area contributed by atoms with Gasteiger partial charge in [0.2, 0.25) is 0 Å². The van der Waals surface area contributed by atoms with Gasteiger partial charge in [0.05, 0.1) is 13.2 Å². The van der Waals surface area contributed by atoms with Crippen molar-refractivity contribution in [2.45, 2.75) is 13.3 Å². The molecule has 0 atom stereocenters. The van der Waals surface area contributed by atoms with E-state index in [0.29, 0.717) is 13.2 Å². The van der Waals surface area contributed by atoms with Crippen molar-refractivity contribution in [3.8, 4) is 0 Å². The first-order valence-corrected chi connectivity index (χ1v) is 5.69. The van der Waals surface area contributed by atoms with E-state index in [9.17, 15) is 4.79 Å². The third-order valence-corrected chi connectivity index (χ3v) is 2.32. The molecule has 1 rings (SSSR count). The molecule has 0 saturated heterocycles. The van der Waals surface area contributed by atoms with E-state index in [-0.39, 0.29) is 5.97 Å². The summed E-state index contributed by atoms with van der Waals surface area (Å²) >= 11 is 0. The molecule has 3 heteroatoms. The average Bonchev–Trinajstić information content (AvgIpc) is 2.35. The van der Waals surface area contributed by atoms with Crippen LogP contribution in [0.5, 0.6) is 0 Å². The van der Waals surface area contributed by atoms with Gasteiger partial charge in [0.15, 0.2) is 0 Å². The number of carbonyl (C=O) groups excluding carboxylic acids is 1. The largest absolute Gasteiger partial charge is 0.463 e. The summed E-state index contributed by atoms with van der Waals surface area (Å²) in [5, 5.41) is 0. The van der Waals surface area contributed by atoms with Crippen LogP contribution in [0.2, 0.25) is 0 Å². The molecule has 0 aromatic heterocycles. The van der Waals surface area contributed by atoms with Crippen molar-refractivity contribution in [3.63, 3.8) is 0 Å². The predicted octanol–water partition coefficient (Wildman–Crippen LogP) is 2.45. The van der Waals surface area contributed by atoms with Crippen LogP contribution >= 0.6 is 0 Å². The van der Waals surface area contributed by atoms with Gasteiger partial charge in [-0.15, -0.1) is 0 Å². The number of carbonyl (C=O) groups is 1. The van der Waals surface area contributed by atoms with E-state index in [4.69, 9.17) is 9.47 Å². The van der Waals surface area contributed by atoms with Crippen molar-refractivity contribution >= 4 is 12.0 Å². The zero-order chi connectivity index (χ0) is 12.5. The Morgan fingerprint density at radius 1 is 1.35 bits per heavy atom. The monoisotopic (exact) mass is 234 g/mol. The minimum absolute atomic E-state index is 0.311. The van der Waals surface area contributed by atoms with Crippen molar-refractivity contribution < 1.29 is 14.3 Å². The highest BCUT2D eigenvalue weighted by molar-refractivity contribution is 5.87. The Balaban J connectivity index is 2.72. The highest BCUT2D eigenvalue weighted by atomic mass is 16.5. The summed E-state index contributed by atoms with van der Waals surface area (Å²) in [5.74, 6) is -0.311. The molecule has 0 heterocycles. The smallest absolute Gasteiger partial charge is 0.330 e. The highest BCUT2D eigenvalue weighted by Crippen LogP contribution is 2.11. The Morgan fingerprint density at radius 2 is 2.12 bits per heavy atom. The fraction of sp³-hybridized carbons (Fsp3) is 0.357. The Kier molecular flexibility index (Phi) is 6.04. The van der Waals surface area contributed by atoms with Crippen molar-refractivity contribution in [1.29, 1.82) is 0 Å². The number of rotatable bonds is 6. The second-order valence-electron chi connectivity index (χ2n) is 3.53. The van der Waals surface area contributed by atoms with E-state index in [1.54, 1.807) is 20.1 Å². The van der Waals surface area contributed by atoms with Gasteiger partial charge >= 0.3 is 5.97 Å². The molecule has 92 valence electrons. The normalized spacial score (nSPS) is 10.7. The number of ether oxygens (including phenoxy) is 2. The second-order valence-corrected chi connectivity index (χ2v) is 3.53. The van der Waals surface area contributed by atoms with Gasteiger partial charge in [-0.25, -0.2) is 4.79 Å². The molecule has 0 saturated carbocycles. The number of esters is 1. The Morgan fingerprint density at radius 3 is 2.82 bits per heavy atom. The molecule has 0 unspecified atom stereocenters. The van der Waals surface area contributed by atoms with E-state index in [1.807, 2.05) is 24.3 Å². The molecule has 1 aromatic rings. The van der Waals surface area contributed by atoms with E-state index in [0.717, 1.165) is 17.5 Å². The molecule has 0 aliphatic heterocycles. The van der Waals surface area contributed by atoms with Crippen molar-refractivity contribution in [2.75, 3.05) is 20.3 Å². The SMILES string of the molecule is CCOC(=O)/C=C/c1ccccc1CCOC. The number of hydrogen-bond donors (Lipinski definition) is 0. The second kappa shape index (κ2) is 7.63. The van der Waals surface area contributed by atoms with E-state index < -0.39 is 0 Å². The van der Waals surface area contributed by atoms with Crippen LogP contribution < -0.4 is 0 Å². The van der Waals surface area contributed by atoms with Crippen LogP contribution in [0.1, 0.15) is 18.1 Å². The summed E-state index contributed by atoms with van der Waals surface area (Å²) in [5.41, 5.74) is 2.19. The molecule has 0 aliphatic carbocycles. The Bertz CT molecular complexity index is 383. The first kappa shape index (κ1) is 13.5. The molecule has 17 heavy (non-hydrogen) atoms. The predicted molar refractivity (Wildman–Crippen MR) is 67.7 cm³/mol. The molecule has 1 aromatic carbocycles. The van der Waals surface area contributed by atoms with E-state index >= 15 is 0 Å². The number of hydrogen-bond acceptors (Lipinski definition) is 3. The first-order valence-electron chi connectivity index (χ1n) is 5.69. The lowest BCUT2D eigenvalue weighted by molar-refractivity contribution is -0.137. The summed E-state index contributed by atoms with van der Waals surface area (Å²) < 4.78 is 9.88. The molecule has 0 aliphatic rings. The fourth-order valence-electron chi connectivity index (χ4n) is 1.48. The minimum atomic E-state index is -0.311. The van der Waals surface area contributed by atoms with Gasteiger partial charge in [-0.2, -0.15) is 0 Å². The topological polar surface area (TPSA) is 35.5 Å². The van der Waals surface area contributed by atoms with Crippen LogP contribution in [-0.2, 0) is 20.7 Å². The molecule has 0 amide bonds. The molecular formula is C14H18O3. The third-order valence-electron chi connectivity index (χ3n) is 2.32. The summed E-state index contributed by atoms with van der Waals surface area (Å²) in [4.78, 5) is 11.2. The molecule has 0 radical (unpaired) electrons. The molecule has 3 nitrogen and oxygen atoms in total. The molecule has 0 bridgehead atoms. The van der Waals surface area contributed by atoms with Gasteiger partial charge in [0, 0.05) is 13.2 Å².